The standard InChI is InChI=1S/C12H17BrN2O/c1-15(8-9-6-14-7-9)10-3-4-12(16-2)11(13)5-10/h3-5,9,14H,6-8H2,1-2H3. The molecule has 0 saturated carbocycles. The molecular weight excluding hydrogens is 268 g/mol. The fraction of sp³-hybridized carbons (Fsp3) is 0.500. The van der Waals surface area contributed by atoms with Gasteiger partial charge in [-0.1, -0.05) is 0 Å². The van der Waals surface area contributed by atoms with Crippen LogP contribution in [0.4, 0.5) is 5.69 Å². The van der Waals surface area contributed by atoms with Gasteiger partial charge in [0.05, 0.1) is 11.6 Å². The lowest BCUT2D eigenvalue weighted by Crippen LogP contribution is -2.47. The summed E-state index contributed by atoms with van der Waals surface area (Å²) in [4.78, 5) is 2.29. The molecule has 16 heavy (non-hydrogen) atoms. The van der Waals surface area contributed by atoms with Crippen molar-refractivity contribution in [2.45, 2.75) is 0 Å². The molecule has 0 radical (unpaired) electrons. The van der Waals surface area contributed by atoms with Gasteiger partial charge in [0.1, 0.15) is 5.75 Å². The monoisotopic (exact) mass is 284 g/mol. The van der Waals surface area contributed by atoms with Crippen molar-refractivity contribution in [1.29, 1.82) is 0 Å². The molecule has 0 spiro atoms. The van der Waals surface area contributed by atoms with Crippen LogP contribution in [-0.4, -0.2) is 33.8 Å². The minimum atomic E-state index is 0.783. The minimum Gasteiger partial charge on any atom is -0.496 e. The van der Waals surface area contributed by atoms with Crippen molar-refractivity contribution in [3.8, 4) is 5.75 Å². The molecule has 4 heteroatoms. The van der Waals surface area contributed by atoms with E-state index in [0.717, 1.165) is 35.8 Å². The van der Waals surface area contributed by atoms with E-state index in [2.05, 4.69) is 45.3 Å². The largest absolute Gasteiger partial charge is 0.496 e. The third-order valence-corrected chi connectivity index (χ3v) is 3.59. The van der Waals surface area contributed by atoms with Crippen molar-refractivity contribution in [3.63, 3.8) is 0 Å². The third kappa shape index (κ3) is 2.50. The van der Waals surface area contributed by atoms with Gasteiger partial charge < -0.3 is 15.0 Å². The Morgan fingerprint density at radius 2 is 2.25 bits per heavy atom. The van der Waals surface area contributed by atoms with Crippen LogP contribution in [-0.2, 0) is 0 Å². The van der Waals surface area contributed by atoms with Crippen LogP contribution >= 0.6 is 15.9 Å². The minimum absolute atomic E-state index is 0.783. The summed E-state index contributed by atoms with van der Waals surface area (Å²) >= 11 is 3.51. The van der Waals surface area contributed by atoms with Crippen LogP contribution in [0.1, 0.15) is 0 Å². The first-order chi connectivity index (χ1) is 7.70. The molecule has 1 aliphatic rings. The summed E-state index contributed by atoms with van der Waals surface area (Å²) in [5, 5.41) is 3.29. The Morgan fingerprint density at radius 1 is 1.50 bits per heavy atom. The first-order valence-corrected chi connectivity index (χ1v) is 6.25. The predicted octanol–water partition coefficient (Wildman–Crippen LogP) is 2.11. The lowest BCUT2D eigenvalue weighted by atomic mass is 10.0. The number of benzene rings is 1. The highest BCUT2D eigenvalue weighted by molar-refractivity contribution is 9.10. The Balaban J connectivity index is 2.04. The normalized spacial score (nSPS) is 15.7. The van der Waals surface area contributed by atoms with Crippen LogP contribution in [0.3, 0.4) is 0 Å². The average Bonchev–Trinajstić information content (AvgIpc) is 2.23. The molecule has 0 amide bonds. The van der Waals surface area contributed by atoms with Gasteiger partial charge in [-0.15, -0.1) is 0 Å². The van der Waals surface area contributed by atoms with E-state index in [4.69, 9.17) is 4.74 Å². The molecule has 0 atom stereocenters. The summed E-state index contributed by atoms with van der Waals surface area (Å²) < 4.78 is 6.22. The smallest absolute Gasteiger partial charge is 0.133 e. The van der Waals surface area contributed by atoms with Gasteiger partial charge in [0.25, 0.3) is 0 Å². The number of rotatable bonds is 4. The van der Waals surface area contributed by atoms with Crippen LogP contribution in [0.5, 0.6) is 5.75 Å². The quantitative estimate of drug-likeness (QED) is 0.917. The highest BCUT2D eigenvalue weighted by Crippen LogP contribution is 2.29. The second kappa shape index (κ2) is 5.06. The van der Waals surface area contributed by atoms with Crippen molar-refractivity contribution >= 4 is 21.6 Å². The highest BCUT2D eigenvalue weighted by Gasteiger charge is 2.18. The molecule has 2 rings (SSSR count). The van der Waals surface area contributed by atoms with Crippen LogP contribution in [0, 0.1) is 5.92 Å². The maximum atomic E-state index is 5.22. The Morgan fingerprint density at radius 3 is 2.75 bits per heavy atom. The number of halogens is 1. The molecule has 1 fully saturated rings. The maximum Gasteiger partial charge on any atom is 0.133 e. The van der Waals surface area contributed by atoms with Gasteiger partial charge in [-0.2, -0.15) is 0 Å². The van der Waals surface area contributed by atoms with Crippen molar-refractivity contribution < 1.29 is 4.74 Å². The lowest BCUT2D eigenvalue weighted by Gasteiger charge is -2.32. The molecule has 3 nitrogen and oxygen atoms in total. The summed E-state index contributed by atoms with van der Waals surface area (Å²) in [6.07, 6.45) is 0. The maximum absolute atomic E-state index is 5.22. The zero-order valence-electron chi connectivity index (χ0n) is 9.66. The van der Waals surface area contributed by atoms with E-state index in [1.54, 1.807) is 7.11 Å². The fourth-order valence-corrected chi connectivity index (χ4v) is 2.39. The van der Waals surface area contributed by atoms with Crippen molar-refractivity contribution in [1.82, 2.24) is 5.32 Å². The van der Waals surface area contributed by atoms with Gasteiger partial charge in [0.2, 0.25) is 0 Å². The van der Waals surface area contributed by atoms with E-state index in [9.17, 15) is 0 Å². The Bertz CT molecular complexity index is 366. The molecule has 0 bridgehead atoms. The number of hydrogen-bond acceptors (Lipinski definition) is 3. The molecule has 1 aromatic carbocycles. The summed E-state index contributed by atoms with van der Waals surface area (Å²) in [6, 6.07) is 6.19. The predicted molar refractivity (Wildman–Crippen MR) is 70.3 cm³/mol. The van der Waals surface area contributed by atoms with Gasteiger partial charge in [-0.25, -0.2) is 0 Å². The Hall–Kier alpha value is -0.740. The lowest BCUT2D eigenvalue weighted by molar-refractivity contribution is 0.353. The van der Waals surface area contributed by atoms with Crippen molar-refractivity contribution in [3.05, 3.63) is 22.7 Å². The van der Waals surface area contributed by atoms with Crippen molar-refractivity contribution in [2.24, 2.45) is 5.92 Å². The van der Waals surface area contributed by atoms with E-state index < -0.39 is 0 Å². The number of nitrogens with zero attached hydrogens (tertiary/aromatic N) is 1. The summed E-state index contributed by atoms with van der Waals surface area (Å²) in [5.41, 5.74) is 1.22. The van der Waals surface area contributed by atoms with Gasteiger partial charge >= 0.3 is 0 Å². The van der Waals surface area contributed by atoms with Gasteiger partial charge in [0.15, 0.2) is 0 Å². The molecule has 1 aliphatic heterocycles. The zero-order valence-corrected chi connectivity index (χ0v) is 11.3. The second-order valence-electron chi connectivity index (χ2n) is 4.22. The molecular formula is C12H17BrN2O. The zero-order chi connectivity index (χ0) is 11.5. The SMILES string of the molecule is COc1ccc(N(C)CC2CNC2)cc1Br. The molecule has 0 aromatic heterocycles. The summed E-state index contributed by atoms with van der Waals surface area (Å²) in [5.74, 6) is 1.66. The van der Waals surface area contributed by atoms with Crippen LogP contribution in [0.2, 0.25) is 0 Å². The van der Waals surface area contributed by atoms with Gasteiger partial charge in [-0.3, -0.25) is 0 Å². The molecule has 1 saturated heterocycles. The third-order valence-electron chi connectivity index (χ3n) is 2.97. The van der Waals surface area contributed by atoms with E-state index in [0.29, 0.717) is 0 Å². The van der Waals surface area contributed by atoms with Gasteiger partial charge in [0, 0.05) is 38.3 Å². The van der Waals surface area contributed by atoms with Crippen LogP contribution in [0.25, 0.3) is 0 Å². The molecule has 1 heterocycles. The van der Waals surface area contributed by atoms with Crippen molar-refractivity contribution in [2.75, 3.05) is 38.7 Å². The van der Waals surface area contributed by atoms with Crippen LogP contribution < -0.4 is 15.0 Å². The number of hydrogen-bond donors (Lipinski definition) is 1. The van der Waals surface area contributed by atoms with E-state index >= 15 is 0 Å². The molecule has 88 valence electrons. The first-order valence-electron chi connectivity index (χ1n) is 5.46. The molecule has 0 unspecified atom stereocenters. The second-order valence-corrected chi connectivity index (χ2v) is 5.08. The van der Waals surface area contributed by atoms with E-state index in [-0.39, 0.29) is 0 Å². The fourth-order valence-electron chi connectivity index (χ4n) is 1.86. The molecule has 0 aliphatic carbocycles. The Kier molecular flexibility index (Phi) is 3.71. The highest BCUT2D eigenvalue weighted by atomic mass is 79.9. The molecule has 1 aromatic rings. The van der Waals surface area contributed by atoms with Gasteiger partial charge in [-0.05, 0) is 34.1 Å². The number of nitrogens with one attached hydrogen (secondary N) is 1. The topological polar surface area (TPSA) is 24.5 Å². The van der Waals surface area contributed by atoms with E-state index in [1.807, 2.05) is 6.07 Å². The average molecular weight is 285 g/mol. The first kappa shape index (κ1) is 11.7. The number of ether oxygens (including phenoxy) is 1. The number of methoxy groups -OCH3 is 1. The Labute approximate surface area is 105 Å². The molecule has 1 N–H and O–H groups in total. The van der Waals surface area contributed by atoms with E-state index in [1.165, 1.54) is 5.69 Å². The number of anilines is 1. The summed E-state index contributed by atoms with van der Waals surface area (Å²) in [7, 11) is 3.82. The summed E-state index contributed by atoms with van der Waals surface area (Å²) in [6.45, 7) is 3.38. The van der Waals surface area contributed by atoms with Crippen LogP contribution in [0.15, 0.2) is 22.7 Å².